The molecule has 0 N–H and O–H groups in total. The van der Waals surface area contributed by atoms with Crippen molar-refractivity contribution in [1.82, 2.24) is 0 Å². The van der Waals surface area contributed by atoms with Crippen molar-refractivity contribution < 1.29 is 13.8 Å². The molecule has 0 amide bonds. The maximum atomic E-state index is 13.6. The molecule has 2 atom stereocenters. The van der Waals surface area contributed by atoms with Gasteiger partial charge in [-0.15, -0.1) is 0 Å². The Hall–Kier alpha value is -0.960. The van der Waals surface area contributed by atoms with E-state index in [1.807, 2.05) is 34.6 Å². The fourth-order valence-corrected chi connectivity index (χ4v) is 1.57. The predicted molar refractivity (Wildman–Crippen MR) is 86.5 cm³/mol. The van der Waals surface area contributed by atoms with Crippen LogP contribution in [0.5, 0.6) is 0 Å². The molecule has 0 aromatic heterocycles. The molecule has 0 bridgehead atoms. The molecule has 3 heteroatoms. The van der Waals surface area contributed by atoms with E-state index in [0.29, 0.717) is 11.1 Å². The molecule has 0 aliphatic carbocycles. The second-order valence-corrected chi connectivity index (χ2v) is 4.61. The number of rotatable bonds is 8. The fraction of sp³-hybridized carbons (Fsp3) is 0.647. The Bertz CT molecular complexity index is 295. The molecule has 0 rings (SSSR count). The van der Waals surface area contributed by atoms with E-state index in [0.717, 1.165) is 19.4 Å². The SMILES string of the molecule is C=C(C)/C=C(/F)C(=C)C(C)CCC(C)OCC.CC.F. The van der Waals surface area contributed by atoms with Crippen LogP contribution in [0.1, 0.15) is 54.4 Å². The lowest BCUT2D eigenvalue weighted by Crippen LogP contribution is -2.10. The van der Waals surface area contributed by atoms with Crippen LogP contribution in [0.15, 0.2) is 36.2 Å². The number of hydrogen-bond acceptors (Lipinski definition) is 1. The Balaban J connectivity index is -0.000000916. The Labute approximate surface area is 124 Å². The van der Waals surface area contributed by atoms with Gasteiger partial charge in [0.25, 0.3) is 0 Å². The van der Waals surface area contributed by atoms with Crippen LogP contribution >= 0.6 is 0 Å². The van der Waals surface area contributed by atoms with Crippen molar-refractivity contribution in [3.8, 4) is 0 Å². The van der Waals surface area contributed by atoms with Crippen molar-refractivity contribution >= 4 is 0 Å². The summed E-state index contributed by atoms with van der Waals surface area (Å²) in [5.41, 5.74) is 1.26. The summed E-state index contributed by atoms with van der Waals surface area (Å²) in [5.74, 6) is -0.123. The minimum Gasteiger partial charge on any atom is -0.379 e. The van der Waals surface area contributed by atoms with Gasteiger partial charge in [0.05, 0.1) is 6.10 Å². The zero-order chi connectivity index (χ0) is 15.4. The summed E-state index contributed by atoms with van der Waals surface area (Å²) in [6, 6.07) is 0. The van der Waals surface area contributed by atoms with Crippen LogP contribution < -0.4 is 0 Å². The highest BCUT2D eigenvalue weighted by molar-refractivity contribution is 5.30. The van der Waals surface area contributed by atoms with E-state index in [9.17, 15) is 4.39 Å². The maximum Gasteiger partial charge on any atom is 0.126 e. The van der Waals surface area contributed by atoms with E-state index in [2.05, 4.69) is 13.2 Å². The van der Waals surface area contributed by atoms with Crippen molar-refractivity contribution in [1.29, 1.82) is 0 Å². The molecule has 0 aliphatic heterocycles. The van der Waals surface area contributed by atoms with E-state index >= 15 is 0 Å². The predicted octanol–water partition coefficient (Wildman–Crippen LogP) is 5.99. The third-order valence-electron chi connectivity index (χ3n) is 2.73. The molecule has 0 aromatic carbocycles. The van der Waals surface area contributed by atoms with Crippen LogP contribution in [0.25, 0.3) is 0 Å². The van der Waals surface area contributed by atoms with E-state index in [4.69, 9.17) is 4.74 Å². The monoisotopic (exact) mass is 290 g/mol. The number of allylic oxidation sites excluding steroid dienone is 4. The Morgan fingerprint density at radius 1 is 1.20 bits per heavy atom. The van der Waals surface area contributed by atoms with Gasteiger partial charge in [0.15, 0.2) is 0 Å². The molecule has 0 aliphatic rings. The van der Waals surface area contributed by atoms with Crippen LogP contribution in [-0.4, -0.2) is 12.7 Å². The van der Waals surface area contributed by atoms with Gasteiger partial charge < -0.3 is 4.74 Å². The van der Waals surface area contributed by atoms with Gasteiger partial charge in [-0.3, -0.25) is 4.70 Å². The number of halogens is 2. The number of hydrogen-bond donors (Lipinski definition) is 0. The Kier molecular flexibility index (Phi) is 17.4. The van der Waals surface area contributed by atoms with Gasteiger partial charge in [-0.25, -0.2) is 4.39 Å². The standard InChI is InChI=1S/C15H25FO.C2H6.FH/c1-7-17-13(5)9-8-12(4)14(6)15(16)10-11(2)3;1-2;/h10,12-13H,2,6-9H2,1,3-5H3;1-2H3;1H/b15-10+;;. The Morgan fingerprint density at radius 3 is 2.10 bits per heavy atom. The molecule has 0 saturated heterocycles. The molecule has 120 valence electrons. The van der Waals surface area contributed by atoms with Crippen LogP contribution in [0.4, 0.5) is 9.09 Å². The molecular weight excluding hydrogens is 258 g/mol. The molecule has 0 spiro atoms. The minimum atomic E-state index is -0.255. The molecule has 0 heterocycles. The van der Waals surface area contributed by atoms with Crippen molar-refractivity contribution in [3.05, 3.63) is 36.2 Å². The van der Waals surface area contributed by atoms with E-state index in [-0.39, 0.29) is 22.6 Å². The first kappa shape index (κ1) is 24.1. The summed E-state index contributed by atoms with van der Waals surface area (Å²) < 4.78 is 19.1. The van der Waals surface area contributed by atoms with Crippen molar-refractivity contribution in [2.45, 2.75) is 60.5 Å². The number of ether oxygens (including phenoxy) is 1. The summed E-state index contributed by atoms with van der Waals surface area (Å²) in [5, 5.41) is 0. The highest BCUT2D eigenvalue weighted by Gasteiger charge is 2.13. The van der Waals surface area contributed by atoms with Gasteiger partial charge in [-0.2, -0.15) is 0 Å². The average Bonchev–Trinajstić information content (AvgIpc) is 2.37. The van der Waals surface area contributed by atoms with Gasteiger partial charge >= 0.3 is 0 Å². The van der Waals surface area contributed by atoms with Crippen molar-refractivity contribution in [2.24, 2.45) is 5.92 Å². The molecule has 2 unspecified atom stereocenters. The lowest BCUT2D eigenvalue weighted by atomic mass is 9.94. The summed E-state index contributed by atoms with van der Waals surface area (Å²) in [6.45, 7) is 20.0. The Morgan fingerprint density at radius 2 is 1.70 bits per heavy atom. The first-order chi connectivity index (χ1) is 8.88. The summed E-state index contributed by atoms with van der Waals surface area (Å²) in [6.07, 6.45) is 3.47. The third kappa shape index (κ3) is 12.1. The molecule has 0 saturated carbocycles. The van der Waals surface area contributed by atoms with Crippen molar-refractivity contribution in [3.63, 3.8) is 0 Å². The minimum absolute atomic E-state index is 0. The smallest absolute Gasteiger partial charge is 0.126 e. The molecule has 1 nitrogen and oxygen atoms in total. The quantitative estimate of drug-likeness (QED) is 0.499. The second kappa shape index (κ2) is 14.4. The fourth-order valence-electron chi connectivity index (χ4n) is 1.57. The normalized spacial score (nSPS) is 13.4. The van der Waals surface area contributed by atoms with E-state index in [1.54, 1.807) is 6.92 Å². The third-order valence-corrected chi connectivity index (χ3v) is 2.73. The average molecular weight is 290 g/mol. The zero-order valence-electron chi connectivity index (χ0n) is 14.0. The van der Waals surface area contributed by atoms with Crippen LogP contribution in [0.2, 0.25) is 0 Å². The van der Waals surface area contributed by atoms with E-state index < -0.39 is 0 Å². The van der Waals surface area contributed by atoms with Crippen LogP contribution in [0, 0.1) is 5.92 Å². The van der Waals surface area contributed by atoms with Gasteiger partial charge in [0.1, 0.15) is 5.83 Å². The first-order valence-electron chi connectivity index (χ1n) is 7.21. The van der Waals surface area contributed by atoms with Gasteiger partial charge in [-0.05, 0) is 51.2 Å². The van der Waals surface area contributed by atoms with Gasteiger partial charge in [-0.1, -0.05) is 39.5 Å². The molecule has 20 heavy (non-hydrogen) atoms. The van der Waals surface area contributed by atoms with Gasteiger partial charge in [0, 0.05) is 6.61 Å². The second-order valence-electron chi connectivity index (χ2n) is 4.61. The summed E-state index contributed by atoms with van der Waals surface area (Å²) in [7, 11) is 0. The summed E-state index contributed by atoms with van der Waals surface area (Å²) in [4.78, 5) is 0. The van der Waals surface area contributed by atoms with Gasteiger partial charge in [0.2, 0.25) is 0 Å². The van der Waals surface area contributed by atoms with Crippen molar-refractivity contribution in [2.75, 3.05) is 6.61 Å². The highest BCUT2D eigenvalue weighted by Crippen LogP contribution is 2.24. The maximum absolute atomic E-state index is 13.6. The molecule has 0 fully saturated rings. The summed E-state index contributed by atoms with van der Waals surface area (Å²) >= 11 is 0. The highest BCUT2D eigenvalue weighted by atomic mass is 19.1. The lowest BCUT2D eigenvalue weighted by molar-refractivity contribution is 0.0668. The topological polar surface area (TPSA) is 9.23 Å². The first-order valence-corrected chi connectivity index (χ1v) is 7.21. The largest absolute Gasteiger partial charge is 0.379 e. The molecule has 0 aromatic rings. The van der Waals surface area contributed by atoms with E-state index in [1.165, 1.54) is 6.08 Å². The van der Waals surface area contributed by atoms with Crippen LogP contribution in [-0.2, 0) is 4.74 Å². The lowest BCUT2D eigenvalue weighted by Gasteiger charge is -2.16. The molecular formula is C17H32F2O. The zero-order valence-corrected chi connectivity index (χ0v) is 14.0. The van der Waals surface area contributed by atoms with Crippen LogP contribution in [0.3, 0.4) is 0 Å². The molecule has 0 radical (unpaired) electrons.